The monoisotopic (exact) mass is 338 g/mol. The molecule has 2 aliphatic carbocycles. The molecule has 0 bridgehead atoms. The van der Waals surface area contributed by atoms with Crippen molar-refractivity contribution in [2.45, 2.75) is 25.7 Å². The van der Waals surface area contributed by atoms with Crippen molar-refractivity contribution in [3.05, 3.63) is 28.5 Å². The average Bonchev–Trinajstić information content (AvgIpc) is 3.06. The van der Waals surface area contributed by atoms with Crippen LogP contribution in [0.25, 0.3) is 0 Å². The third-order valence-electron chi connectivity index (χ3n) is 4.79. The molecule has 3 nitrogen and oxygen atoms in total. The van der Waals surface area contributed by atoms with Gasteiger partial charge in [-0.15, -0.1) is 0 Å². The number of hydrogen-bond donors (Lipinski definition) is 1. The highest BCUT2D eigenvalue weighted by molar-refractivity contribution is 9.10. The lowest BCUT2D eigenvalue weighted by Gasteiger charge is -2.31. The maximum Gasteiger partial charge on any atom is 0.0587 e. The first-order valence-electron chi connectivity index (χ1n) is 7.51. The molecule has 0 radical (unpaired) electrons. The second kappa shape index (κ2) is 6.12. The summed E-state index contributed by atoms with van der Waals surface area (Å²) in [5, 5.41) is 3.58. The number of fused-ring (bicyclic) bond motifs is 1. The standard InChI is InChI=1S/C16H23BrN2O/c1-20-5-4-18-11-16(7-12-6-13(12)8-16)9-15-3-2-14(17)10-19-15/h2-3,10,12-13,18H,4-9,11H2,1H3. The molecule has 0 saturated heterocycles. The Kier molecular flexibility index (Phi) is 4.43. The number of hydrogen-bond acceptors (Lipinski definition) is 3. The molecule has 1 heterocycles. The van der Waals surface area contributed by atoms with Crippen molar-refractivity contribution in [1.29, 1.82) is 0 Å². The van der Waals surface area contributed by atoms with Gasteiger partial charge in [-0.1, -0.05) is 0 Å². The van der Waals surface area contributed by atoms with Crippen molar-refractivity contribution in [2.75, 3.05) is 26.8 Å². The molecule has 4 heteroatoms. The third kappa shape index (κ3) is 3.41. The second-order valence-corrected chi connectivity index (χ2v) is 7.39. The first-order chi connectivity index (χ1) is 9.71. The SMILES string of the molecule is COCCNCC1(Cc2ccc(Br)cn2)CC2CC2C1. The minimum absolute atomic E-state index is 0.419. The molecule has 1 N–H and O–H groups in total. The lowest BCUT2D eigenvalue weighted by molar-refractivity contribution is 0.186. The Morgan fingerprint density at radius 2 is 2.20 bits per heavy atom. The van der Waals surface area contributed by atoms with Crippen LogP contribution in [-0.4, -0.2) is 31.8 Å². The Hall–Kier alpha value is -0.450. The number of aromatic nitrogens is 1. The minimum atomic E-state index is 0.419. The minimum Gasteiger partial charge on any atom is -0.383 e. The Morgan fingerprint density at radius 3 is 2.85 bits per heavy atom. The number of ether oxygens (including phenoxy) is 1. The average molecular weight is 339 g/mol. The summed E-state index contributed by atoms with van der Waals surface area (Å²) in [6.07, 6.45) is 7.22. The van der Waals surface area contributed by atoms with Crippen molar-refractivity contribution in [3.63, 3.8) is 0 Å². The number of methoxy groups -OCH3 is 1. The fraction of sp³-hybridized carbons (Fsp3) is 0.688. The Bertz CT molecular complexity index is 438. The van der Waals surface area contributed by atoms with Gasteiger partial charge in [-0.05, 0) is 71.0 Å². The van der Waals surface area contributed by atoms with E-state index in [2.05, 4.69) is 38.4 Å². The van der Waals surface area contributed by atoms with Crippen molar-refractivity contribution in [1.82, 2.24) is 10.3 Å². The van der Waals surface area contributed by atoms with Crippen LogP contribution in [0.1, 0.15) is 25.0 Å². The van der Waals surface area contributed by atoms with Gasteiger partial charge >= 0.3 is 0 Å². The zero-order chi connectivity index (χ0) is 14.0. The predicted octanol–water partition coefficient (Wildman–Crippen LogP) is 3.04. The second-order valence-electron chi connectivity index (χ2n) is 6.48. The van der Waals surface area contributed by atoms with Crippen LogP contribution in [0.15, 0.2) is 22.8 Å². The van der Waals surface area contributed by atoms with E-state index in [4.69, 9.17) is 4.74 Å². The van der Waals surface area contributed by atoms with E-state index in [0.29, 0.717) is 5.41 Å². The van der Waals surface area contributed by atoms with Crippen molar-refractivity contribution in [3.8, 4) is 0 Å². The smallest absolute Gasteiger partial charge is 0.0587 e. The summed E-state index contributed by atoms with van der Waals surface area (Å²) in [7, 11) is 1.76. The van der Waals surface area contributed by atoms with E-state index in [1.54, 1.807) is 7.11 Å². The molecule has 0 aromatic carbocycles. The fourth-order valence-corrected chi connectivity index (χ4v) is 4.01. The molecule has 0 aliphatic heterocycles. The van der Waals surface area contributed by atoms with E-state index in [1.165, 1.54) is 25.0 Å². The van der Waals surface area contributed by atoms with Gasteiger partial charge in [-0.25, -0.2) is 0 Å². The summed E-state index contributed by atoms with van der Waals surface area (Å²) < 4.78 is 6.18. The molecule has 0 spiro atoms. The van der Waals surface area contributed by atoms with Gasteiger partial charge in [0.1, 0.15) is 0 Å². The number of nitrogens with zero attached hydrogens (tertiary/aromatic N) is 1. The number of rotatable bonds is 7. The molecular formula is C16H23BrN2O. The molecule has 110 valence electrons. The Morgan fingerprint density at radius 1 is 1.40 bits per heavy atom. The normalized spacial score (nSPS) is 31.3. The van der Waals surface area contributed by atoms with Crippen molar-refractivity contribution >= 4 is 15.9 Å². The lowest BCUT2D eigenvalue weighted by Crippen LogP contribution is -2.36. The van der Waals surface area contributed by atoms with Crippen LogP contribution >= 0.6 is 15.9 Å². The van der Waals surface area contributed by atoms with E-state index in [-0.39, 0.29) is 0 Å². The summed E-state index contributed by atoms with van der Waals surface area (Å²) >= 11 is 3.46. The quantitative estimate of drug-likeness (QED) is 0.776. The van der Waals surface area contributed by atoms with Gasteiger partial charge in [-0.3, -0.25) is 4.98 Å². The topological polar surface area (TPSA) is 34.1 Å². The van der Waals surface area contributed by atoms with E-state index >= 15 is 0 Å². The molecule has 2 saturated carbocycles. The Labute approximate surface area is 129 Å². The van der Waals surface area contributed by atoms with Crippen LogP contribution in [0.4, 0.5) is 0 Å². The van der Waals surface area contributed by atoms with Gasteiger partial charge in [0.2, 0.25) is 0 Å². The highest BCUT2D eigenvalue weighted by Crippen LogP contribution is 2.60. The summed E-state index contributed by atoms with van der Waals surface area (Å²) in [6, 6.07) is 4.26. The van der Waals surface area contributed by atoms with Crippen LogP contribution in [0.3, 0.4) is 0 Å². The van der Waals surface area contributed by atoms with E-state index < -0.39 is 0 Å². The fourth-order valence-electron chi connectivity index (χ4n) is 3.78. The maximum absolute atomic E-state index is 5.12. The van der Waals surface area contributed by atoms with Gasteiger partial charge in [0.25, 0.3) is 0 Å². The zero-order valence-electron chi connectivity index (χ0n) is 12.1. The van der Waals surface area contributed by atoms with Crippen LogP contribution in [-0.2, 0) is 11.2 Å². The summed E-state index contributed by atoms with van der Waals surface area (Å²) in [5.41, 5.74) is 1.64. The van der Waals surface area contributed by atoms with Gasteiger partial charge in [0, 0.05) is 36.6 Å². The van der Waals surface area contributed by atoms with Crippen molar-refractivity contribution in [2.24, 2.45) is 17.3 Å². The maximum atomic E-state index is 5.12. The van der Waals surface area contributed by atoms with E-state index in [9.17, 15) is 0 Å². The van der Waals surface area contributed by atoms with Crippen LogP contribution in [0, 0.1) is 17.3 Å². The molecule has 0 amide bonds. The molecule has 2 atom stereocenters. The molecule has 1 aromatic heterocycles. The zero-order valence-corrected chi connectivity index (χ0v) is 13.7. The first kappa shape index (κ1) is 14.5. The molecule has 20 heavy (non-hydrogen) atoms. The van der Waals surface area contributed by atoms with Crippen LogP contribution in [0.5, 0.6) is 0 Å². The molecular weight excluding hydrogens is 316 g/mol. The summed E-state index contributed by atoms with van der Waals surface area (Å²) in [5.74, 6) is 1.99. The number of pyridine rings is 1. The Balaban J connectivity index is 1.62. The van der Waals surface area contributed by atoms with Gasteiger partial charge < -0.3 is 10.1 Å². The first-order valence-corrected chi connectivity index (χ1v) is 8.30. The number of halogens is 1. The van der Waals surface area contributed by atoms with Gasteiger partial charge in [-0.2, -0.15) is 0 Å². The summed E-state index contributed by atoms with van der Waals surface area (Å²) in [6.45, 7) is 2.84. The van der Waals surface area contributed by atoms with Gasteiger partial charge in [0.15, 0.2) is 0 Å². The largest absolute Gasteiger partial charge is 0.383 e. The molecule has 3 rings (SSSR count). The van der Waals surface area contributed by atoms with E-state index in [0.717, 1.165) is 42.4 Å². The van der Waals surface area contributed by atoms with Crippen LogP contribution < -0.4 is 5.32 Å². The lowest BCUT2D eigenvalue weighted by atomic mass is 9.78. The predicted molar refractivity (Wildman–Crippen MR) is 83.7 cm³/mol. The highest BCUT2D eigenvalue weighted by Gasteiger charge is 2.53. The third-order valence-corrected chi connectivity index (χ3v) is 5.26. The van der Waals surface area contributed by atoms with Crippen LogP contribution in [0.2, 0.25) is 0 Å². The molecule has 2 unspecified atom stereocenters. The molecule has 2 fully saturated rings. The highest BCUT2D eigenvalue weighted by atomic mass is 79.9. The van der Waals surface area contributed by atoms with Crippen molar-refractivity contribution < 1.29 is 4.74 Å². The summed E-state index contributed by atoms with van der Waals surface area (Å²) in [4.78, 5) is 4.57. The van der Waals surface area contributed by atoms with Gasteiger partial charge in [0.05, 0.1) is 6.61 Å². The molecule has 1 aromatic rings. The molecule has 2 aliphatic rings. The number of nitrogens with one attached hydrogen (secondary N) is 1. The van der Waals surface area contributed by atoms with E-state index in [1.807, 2.05) is 6.20 Å².